The average molecular weight is 619 g/mol. The molecule has 1 atom stereocenters. The minimum absolute atomic E-state index is 0.0452. The van der Waals surface area contributed by atoms with Crippen LogP contribution < -0.4 is 15.4 Å². The SMILES string of the molecule is O=C(NCc1cnc(-c2ccc(OC[C@H]3CCCN3C(=O)O)cc2)s1)c1ccc2c(c1)NC(=O)c1ccccc1S2(=O)=O. The van der Waals surface area contributed by atoms with E-state index in [4.69, 9.17) is 4.74 Å². The molecule has 3 amide bonds. The highest BCUT2D eigenvalue weighted by Gasteiger charge is 2.31. The second-order valence-corrected chi connectivity index (χ2v) is 13.1. The third-order valence-electron chi connectivity index (χ3n) is 7.34. The smallest absolute Gasteiger partial charge is 0.407 e. The molecule has 0 unspecified atom stereocenters. The monoisotopic (exact) mass is 618 g/mol. The van der Waals surface area contributed by atoms with E-state index in [1.165, 1.54) is 46.6 Å². The molecule has 6 rings (SSSR count). The van der Waals surface area contributed by atoms with Gasteiger partial charge in [-0.3, -0.25) is 9.59 Å². The summed E-state index contributed by atoms with van der Waals surface area (Å²) in [5, 5.41) is 15.5. The number of rotatable bonds is 7. The van der Waals surface area contributed by atoms with Gasteiger partial charge in [-0.15, -0.1) is 11.3 Å². The van der Waals surface area contributed by atoms with Crippen molar-refractivity contribution in [2.75, 3.05) is 18.5 Å². The van der Waals surface area contributed by atoms with Gasteiger partial charge in [0.2, 0.25) is 9.84 Å². The molecular weight excluding hydrogens is 592 g/mol. The number of likely N-dealkylation sites (tertiary alicyclic amines) is 1. The Kier molecular flexibility index (Phi) is 7.59. The molecule has 3 aromatic carbocycles. The fraction of sp³-hybridized carbons (Fsp3) is 0.200. The van der Waals surface area contributed by atoms with Crippen LogP contribution in [-0.4, -0.2) is 60.5 Å². The van der Waals surface area contributed by atoms with Crippen LogP contribution in [0.25, 0.3) is 10.6 Å². The summed E-state index contributed by atoms with van der Waals surface area (Å²) in [6, 6.07) is 17.3. The first-order chi connectivity index (χ1) is 20.7. The second-order valence-electron chi connectivity index (χ2n) is 10.1. The lowest BCUT2D eigenvalue weighted by Gasteiger charge is -2.21. The number of fused-ring (bicyclic) bond motifs is 2. The van der Waals surface area contributed by atoms with Gasteiger partial charge in [0, 0.05) is 28.7 Å². The van der Waals surface area contributed by atoms with Crippen LogP contribution in [0.5, 0.6) is 5.75 Å². The van der Waals surface area contributed by atoms with Crippen molar-refractivity contribution in [3.05, 3.63) is 88.9 Å². The van der Waals surface area contributed by atoms with E-state index < -0.39 is 27.7 Å². The van der Waals surface area contributed by atoms with Gasteiger partial charge >= 0.3 is 6.09 Å². The number of nitrogens with one attached hydrogen (secondary N) is 2. The van der Waals surface area contributed by atoms with Gasteiger partial charge in [0.05, 0.1) is 33.6 Å². The van der Waals surface area contributed by atoms with E-state index in [2.05, 4.69) is 15.6 Å². The Morgan fingerprint density at radius 2 is 1.88 bits per heavy atom. The third kappa shape index (κ3) is 5.68. The molecule has 1 aromatic heterocycles. The molecule has 0 bridgehead atoms. The van der Waals surface area contributed by atoms with Gasteiger partial charge in [-0.05, 0) is 67.4 Å². The number of aromatic nitrogens is 1. The highest BCUT2D eigenvalue weighted by Crippen LogP contribution is 2.34. The molecule has 2 aliphatic heterocycles. The van der Waals surface area contributed by atoms with Crippen molar-refractivity contribution >= 4 is 44.8 Å². The zero-order chi connectivity index (χ0) is 30.1. The number of thiazole rings is 1. The first-order valence-electron chi connectivity index (χ1n) is 13.5. The Hall–Kier alpha value is -4.75. The number of carbonyl (C=O) groups is 3. The number of hydrogen-bond donors (Lipinski definition) is 3. The van der Waals surface area contributed by atoms with E-state index in [-0.39, 0.29) is 39.2 Å². The first kappa shape index (κ1) is 28.4. The van der Waals surface area contributed by atoms with E-state index in [1.807, 2.05) is 24.3 Å². The summed E-state index contributed by atoms with van der Waals surface area (Å²) in [5.41, 5.74) is 1.16. The molecule has 0 aliphatic carbocycles. The summed E-state index contributed by atoms with van der Waals surface area (Å²) in [4.78, 5) is 43.5. The van der Waals surface area contributed by atoms with Crippen molar-refractivity contribution in [2.24, 2.45) is 0 Å². The van der Waals surface area contributed by atoms with E-state index in [0.29, 0.717) is 18.9 Å². The Labute approximate surface area is 251 Å². The Morgan fingerprint density at radius 3 is 2.67 bits per heavy atom. The number of amides is 3. The van der Waals surface area contributed by atoms with Crippen molar-refractivity contribution in [3.63, 3.8) is 0 Å². The normalized spacial score (nSPS) is 16.9. The van der Waals surface area contributed by atoms with Gasteiger partial charge in [-0.2, -0.15) is 0 Å². The van der Waals surface area contributed by atoms with Crippen molar-refractivity contribution in [1.29, 1.82) is 0 Å². The van der Waals surface area contributed by atoms with Crippen molar-refractivity contribution in [3.8, 4) is 16.3 Å². The lowest BCUT2D eigenvalue weighted by atomic mass is 10.1. The maximum Gasteiger partial charge on any atom is 0.407 e. The summed E-state index contributed by atoms with van der Waals surface area (Å²) in [5.74, 6) is -0.360. The standard InChI is InChI=1S/C30H26N4O7S2/c35-27(19-9-12-26-24(14-19)33-28(36)23-5-1-2-6-25(23)43(26,39)40)31-15-22-16-32-29(42-22)18-7-10-21(11-8-18)41-17-20-4-3-13-34(20)30(37)38/h1-2,5-12,14,16,20H,3-4,13,15,17H2,(H,31,35)(H,33,36)(H,37,38)/t20-/m1/s1. The van der Waals surface area contributed by atoms with E-state index in [9.17, 15) is 27.9 Å². The minimum atomic E-state index is -3.96. The van der Waals surface area contributed by atoms with Gasteiger partial charge < -0.3 is 25.4 Å². The number of nitrogens with zero attached hydrogens (tertiary/aromatic N) is 2. The van der Waals surface area contributed by atoms with Gasteiger partial charge in [-0.25, -0.2) is 18.2 Å². The quantitative estimate of drug-likeness (QED) is 0.270. The van der Waals surface area contributed by atoms with Crippen LogP contribution in [0.2, 0.25) is 0 Å². The summed E-state index contributed by atoms with van der Waals surface area (Å²) >= 11 is 1.41. The maximum atomic E-state index is 13.2. The molecule has 11 nitrogen and oxygen atoms in total. The van der Waals surface area contributed by atoms with E-state index in [1.54, 1.807) is 18.3 Å². The first-order valence-corrected chi connectivity index (χ1v) is 15.8. The van der Waals surface area contributed by atoms with Crippen LogP contribution >= 0.6 is 11.3 Å². The molecule has 3 N–H and O–H groups in total. The Bertz CT molecular complexity index is 1840. The van der Waals surface area contributed by atoms with Crippen molar-refractivity contribution in [2.45, 2.75) is 35.2 Å². The summed E-state index contributed by atoms with van der Waals surface area (Å²) in [7, 11) is -3.96. The van der Waals surface area contributed by atoms with Crippen LogP contribution in [-0.2, 0) is 16.4 Å². The Balaban J connectivity index is 1.08. The topological polar surface area (TPSA) is 155 Å². The number of anilines is 1. The summed E-state index contributed by atoms with van der Waals surface area (Å²) in [6.45, 7) is 1.03. The molecule has 220 valence electrons. The number of carboxylic acid groups (broad SMARTS) is 1. The van der Waals surface area contributed by atoms with Gasteiger partial charge in [0.25, 0.3) is 11.8 Å². The summed E-state index contributed by atoms with van der Waals surface area (Å²) in [6.07, 6.45) is 2.36. The van der Waals surface area contributed by atoms with E-state index >= 15 is 0 Å². The van der Waals surface area contributed by atoms with Crippen molar-refractivity contribution in [1.82, 2.24) is 15.2 Å². The molecule has 2 aliphatic rings. The number of carbonyl (C=O) groups excluding carboxylic acids is 2. The Morgan fingerprint density at radius 1 is 1.09 bits per heavy atom. The van der Waals surface area contributed by atoms with Gasteiger partial charge in [0.1, 0.15) is 17.4 Å². The number of benzene rings is 3. The molecule has 3 heterocycles. The molecule has 1 fully saturated rings. The largest absolute Gasteiger partial charge is 0.491 e. The van der Waals surface area contributed by atoms with Crippen LogP contribution in [0, 0.1) is 0 Å². The number of ether oxygens (including phenoxy) is 1. The minimum Gasteiger partial charge on any atom is -0.491 e. The molecule has 0 radical (unpaired) electrons. The zero-order valence-corrected chi connectivity index (χ0v) is 24.3. The number of sulfone groups is 1. The van der Waals surface area contributed by atoms with Crippen LogP contribution in [0.15, 0.2) is 82.7 Å². The predicted molar refractivity (Wildman–Crippen MR) is 158 cm³/mol. The average Bonchev–Trinajstić information content (AvgIpc) is 3.67. The zero-order valence-electron chi connectivity index (χ0n) is 22.6. The highest BCUT2D eigenvalue weighted by molar-refractivity contribution is 7.91. The van der Waals surface area contributed by atoms with Crippen LogP contribution in [0.4, 0.5) is 10.5 Å². The lowest BCUT2D eigenvalue weighted by Crippen LogP contribution is -2.37. The molecule has 43 heavy (non-hydrogen) atoms. The molecule has 0 spiro atoms. The molecular formula is C30H26N4O7S2. The van der Waals surface area contributed by atoms with E-state index in [0.717, 1.165) is 28.3 Å². The third-order valence-corrected chi connectivity index (χ3v) is 10.3. The van der Waals surface area contributed by atoms with Gasteiger partial charge in [0.15, 0.2) is 0 Å². The highest BCUT2D eigenvalue weighted by atomic mass is 32.2. The lowest BCUT2D eigenvalue weighted by molar-refractivity contribution is 0.0949. The molecule has 13 heteroatoms. The maximum absolute atomic E-state index is 13.2. The predicted octanol–water partition coefficient (Wildman–Crippen LogP) is 4.66. The fourth-order valence-corrected chi connectivity index (χ4v) is 7.59. The second kappa shape index (κ2) is 11.5. The fourth-order valence-electron chi connectivity index (χ4n) is 5.14. The van der Waals surface area contributed by atoms with Crippen LogP contribution in [0.1, 0.15) is 38.4 Å². The number of hydrogen-bond acceptors (Lipinski definition) is 8. The molecule has 1 saturated heterocycles. The molecule has 0 saturated carbocycles. The summed E-state index contributed by atoms with van der Waals surface area (Å²) < 4.78 is 32.2. The van der Waals surface area contributed by atoms with Gasteiger partial charge in [-0.1, -0.05) is 12.1 Å². The molecule has 4 aromatic rings. The van der Waals surface area contributed by atoms with Crippen molar-refractivity contribution < 1.29 is 32.6 Å². The van der Waals surface area contributed by atoms with Crippen LogP contribution in [0.3, 0.4) is 0 Å².